The number of nitrogens with zero attached hydrogens (tertiary/aromatic N) is 1. The number of benzene rings is 1. The second-order valence-corrected chi connectivity index (χ2v) is 4.45. The summed E-state index contributed by atoms with van der Waals surface area (Å²) in [5, 5.41) is 3.24. The first-order chi connectivity index (χ1) is 7.65. The summed E-state index contributed by atoms with van der Waals surface area (Å²) < 4.78 is 1.08. The summed E-state index contributed by atoms with van der Waals surface area (Å²) in [6.07, 6.45) is 3.36. The van der Waals surface area contributed by atoms with Crippen molar-refractivity contribution in [3.05, 3.63) is 46.7 Å². The molecule has 1 aromatic heterocycles. The number of hydrogen-bond acceptors (Lipinski definition) is 3. The number of hydrogen-bond donors (Lipinski definition) is 2. The maximum atomic E-state index is 5.65. The molecule has 0 saturated carbocycles. The number of nitrogens with one attached hydrogen (secondary N) is 1. The van der Waals surface area contributed by atoms with E-state index in [4.69, 9.17) is 5.73 Å². The highest BCUT2D eigenvalue weighted by Crippen LogP contribution is 2.23. The molecule has 1 aromatic carbocycles. The first-order valence-corrected chi connectivity index (χ1v) is 5.68. The van der Waals surface area contributed by atoms with E-state index >= 15 is 0 Å². The zero-order chi connectivity index (χ0) is 11.5. The van der Waals surface area contributed by atoms with Gasteiger partial charge in [-0.3, -0.25) is 4.98 Å². The lowest BCUT2D eigenvalue weighted by Gasteiger charge is -2.08. The molecule has 1 heterocycles. The van der Waals surface area contributed by atoms with Crippen molar-refractivity contribution in [3.63, 3.8) is 0 Å². The highest BCUT2D eigenvalue weighted by Gasteiger charge is 1.99. The van der Waals surface area contributed by atoms with Gasteiger partial charge >= 0.3 is 0 Å². The van der Waals surface area contributed by atoms with Gasteiger partial charge in [0.1, 0.15) is 0 Å². The number of rotatable bonds is 2. The van der Waals surface area contributed by atoms with E-state index in [0.717, 1.165) is 15.8 Å². The second-order valence-electron chi connectivity index (χ2n) is 3.60. The lowest BCUT2D eigenvalue weighted by atomic mass is 10.2. The third kappa shape index (κ3) is 2.52. The van der Waals surface area contributed by atoms with Gasteiger partial charge in [0.2, 0.25) is 0 Å². The van der Waals surface area contributed by atoms with Crippen LogP contribution in [0, 0.1) is 6.92 Å². The molecular formula is C12H12BrN3. The second kappa shape index (κ2) is 4.53. The fourth-order valence-corrected chi connectivity index (χ4v) is 1.74. The van der Waals surface area contributed by atoms with Crippen LogP contribution in [0.3, 0.4) is 0 Å². The van der Waals surface area contributed by atoms with Gasteiger partial charge < -0.3 is 11.1 Å². The summed E-state index contributed by atoms with van der Waals surface area (Å²) in [4.78, 5) is 4.02. The Kier molecular flexibility index (Phi) is 3.10. The highest BCUT2D eigenvalue weighted by molar-refractivity contribution is 9.10. The SMILES string of the molecule is Cc1ccc(Nc2cncc(N)c2)cc1Br. The van der Waals surface area contributed by atoms with Gasteiger partial charge in [-0.05, 0) is 30.7 Å². The smallest absolute Gasteiger partial charge is 0.0591 e. The fraction of sp³-hybridized carbons (Fsp3) is 0.0833. The number of nitrogens with two attached hydrogens (primary N) is 1. The normalized spacial score (nSPS) is 10.1. The van der Waals surface area contributed by atoms with Crippen LogP contribution in [0.15, 0.2) is 41.1 Å². The number of anilines is 3. The molecule has 4 heteroatoms. The van der Waals surface area contributed by atoms with Crippen LogP contribution in [-0.4, -0.2) is 4.98 Å². The van der Waals surface area contributed by atoms with Gasteiger partial charge in [-0.1, -0.05) is 22.0 Å². The Labute approximate surface area is 103 Å². The van der Waals surface area contributed by atoms with Crippen molar-refractivity contribution in [3.8, 4) is 0 Å². The predicted octanol–water partition coefficient (Wildman–Crippen LogP) is 3.48. The molecule has 0 unspecified atom stereocenters. The van der Waals surface area contributed by atoms with Crippen molar-refractivity contribution in [1.82, 2.24) is 4.98 Å². The summed E-state index contributed by atoms with van der Waals surface area (Å²) in [7, 11) is 0. The number of aromatic nitrogens is 1. The molecule has 0 amide bonds. The Bertz CT molecular complexity index is 511. The van der Waals surface area contributed by atoms with Crippen LogP contribution in [-0.2, 0) is 0 Å². The molecule has 0 aliphatic carbocycles. The zero-order valence-electron chi connectivity index (χ0n) is 8.87. The third-order valence-electron chi connectivity index (χ3n) is 2.22. The van der Waals surface area contributed by atoms with E-state index in [1.165, 1.54) is 5.56 Å². The average molecular weight is 278 g/mol. The molecule has 0 spiro atoms. The topological polar surface area (TPSA) is 50.9 Å². The highest BCUT2D eigenvalue weighted by atomic mass is 79.9. The first kappa shape index (κ1) is 11.0. The van der Waals surface area contributed by atoms with Crippen LogP contribution in [0.5, 0.6) is 0 Å². The summed E-state index contributed by atoms with van der Waals surface area (Å²) >= 11 is 3.49. The van der Waals surface area contributed by atoms with Gasteiger partial charge in [0.15, 0.2) is 0 Å². The molecule has 0 aliphatic heterocycles. The molecule has 2 rings (SSSR count). The number of aryl methyl sites for hydroxylation is 1. The molecule has 0 fully saturated rings. The summed E-state index contributed by atoms with van der Waals surface area (Å²) in [5.74, 6) is 0. The van der Waals surface area contributed by atoms with Crippen molar-refractivity contribution >= 4 is 33.0 Å². The van der Waals surface area contributed by atoms with Crippen molar-refractivity contribution < 1.29 is 0 Å². The van der Waals surface area contributed by atoms with Crippen LogP contribution in [0.1, 0.15) is 5.56 Å². The molecular weight excluding hydrogens is 266 g/mol. The molecule has 0 aliphatic rings. The van der Waals surface area contributed by atoms with Gasteiger partial charge in [0.25, 0.3) is 0 Å². The quantitative estimate of drug-likeness (QED) is 0.884. The molecule has 0 bridgehead atoms. The van der Waals surface area contributed by atoms with Gasteiger partial charge in [-0.2, -0.15) is 0 Å². The van der Waals surface area contributed by atoms with Crippen molar-refractivity contribution in [1.29, 1.82) is 0 Å². The average Bonchev–Trinajstić information content (AvgIpc) is 2.24. The largest absolute Gasteiger partial charge is 0.397 e. The van der Waals surface area contributed by atoms with E-state index in [1.54, 1.807) is 12.4 Å². The maximum absolute atomic E-state index is 5.65. The van der Waals surface area contributed by atoms with Crippen LogP contribution in [0.25, 0.3) is 0 Å². The van der Waals surface area contributed by atoms with Crippen molar-refractivity contribution in [2.45, 2.75) is 6.92 Å². The standard InChI is InChI=1S/C12H12BrN3/c1-8-2-3-10(5-12(8)13)16-11-4-9(14)6-15-7-11/h2-7,16H,14H2,1H3. The number of pyridine rings is 1. The Balaban J connectivity index is 2.24. The van der Waals surface area contributed by atoms with E-state index in [9.17, 15) is 0 Å². The first-order valence-electron chi connectivity index (χ1n) is 4.89. The molecule has 3 N–H and O–H groups in total. The maximum Gasteiger partial charge on any atom is 0.0591 e. The number of nitrogen functional groups attached to an aromatic ring is 1. The summed E-state index contributed by atoms with van der Waals surface area (Å²) in [6.45, 7) is 2.05. The Hall–Kier alpha value is -1.55. The van der Waals surface area contributed by atoms with Crippen molar-refractivity contribution in [2.75, 3.05) is 11.1 Å². The van der Waals surface area contributed by atoms with E-state index in [0.29, 0.717) is 5.69 Å². The third-order valence-corrected chi connectivity index (χ3v) is 3.07. The van der Waals surface area contributed by atoms with Gasteiger partial charge in [0, 0.05) is 16.4 Å². The zero-order valence-corrected chi connectivity index (χ0v) is 10.5. The van der Waals surface area contributed by atoms with Gasteiger partial charge in [0.05, 0.1) is 17.6 Å². The van der Waals surface area contributed by atoms with Crippen molar-refractivity contribution in [2.24, 2.45) is 0 Å². The molecule has 0 atom stereocenters. The van der Waals surface area contributed by atoms with E-state index in [2.05, 4.69) is 33.2 Å². The Morgan fingerprint density at radius 3 is 2.69 bits per heavy atom. The van der Waals surface area contributed by atoms with Crippen LogP contribution >= 0.6 is 15.9 Å². The monoisotopic (exact) mass is 277 g/mol. The summed E-state index contributed by atoms with van der Waals surface area (Å²) in [5.41, 5.74) is 9.40. The summed E-state index contributed by atoms with van der Waals surface area (Å²) in [6, 6.07) is 7.94. The minimum atomic E-state index is 0.649. The molecule has 2 aromatic rings. The van der Waals surface area contributed by atoms with Crippen LogP contribution in [0.4, 0.5) is 17.1 Å². The van der Waals surface area contributed by atoms with Gasteiger partial charge in [-0.15, -0.1) is 0 Å². The fourth-order valence-electron chi connectivity index (χ4n) is 1.36. The lowest BCUT2D eigenvalue weighted by molar-refractivity contribution is 1.32. The predicted molar refractivity (Wildman–Crippen MR) is 70.8 cm³/mol. The lowest BCUT2D eigenvalue weighted by Crippen LogP contribution is -1.93. The van der Waals surface area contributed by atoms with Crippen LogP contribution < -0.4 is 11.1 Å². The number of halogens is 1. The van der Waals surface area contributed by atoms with Crippen LogP contribution in [0.2, 0.25) is 0 Å². The molecule has 3 nitrogen and oxygen atoms in total. The van der Waals surface area contributed by atoms with E-state index < -0.39 is 0 Å². The Morgan fingerprint density at radius 1 is 1.19 bits per heavy atom. The molecule has 82 valence electrons. The molecule has 16 heavy (non-hydrogen) atoms. The minimum Gasteiger partial charge on any atom is -0.397 e. The van der Waals surface area contributed by atoms with E-state index in [-0.39, 0.29) is 0 Å². The molecule has 0 saturated heterocycles. The van der Waals surface area contributed by atoms with Gasteiger partial charge in [-0.25, -0.2) is 0 Å². The Morgan fingerprint density at radius 2 is 2.00 bits per heavy atom. The van der Waals surface area contributed by atoms with E-state index in [1.807, 2.05) is 24.3 Å². The minimum absolute atomic E-state index is 0.649. The molecule has 0 radical (unpaired) electrons.